The first kappa shape index (κ1) is 9.21. The van der Waals surface area contributed by atoms with Crippen LogP contribution in [0.25, 0.3) is 10.8 Å². The Balaban J connectivity index is 2.05. The van der Waals surface area contributed by atoms with Gasteiger partial charge in [-0.2, -0.15) is 5.10 Å². The van der Waals surface area contributed by atoms with Crippen molar-refractivity contribution < 1.29 is 0 Å². The Bertz CT molecular complexity index is 560. The average Bonchev–Trinajstić information content (AvgIpc) is 2.75. The highest BCUT2D eigenvalue weighted by Gasteiger charge is 2.13. The largest absolute Gasteiger partial charge is 0.386 e. The van der Waals surface area contributed by atoms with Crippen molar-refractivity contribution in [1.29, 1.82) is 0 Å². The van der Waals surface area contributed by atoms with E-state index in [2.05, 4.69) is 35.4 Å². The predicted octanol–water partition coefficient (Wildman–Crippen LogP) is 2.32. The van der Waals surface area contributed by atoms with Gasteiger partial charge in [0.05, 0.1) is 5.69 Å². The molecule has 1 aliphatic rings. The van der Waals surface area contributed by atoms with Crippen LogP contribution in [0.5, 0.6) is 0 Å². The van der Waals surface area contributed by atoms with Gasteiger partial charge in [0.15, 0.2) is 0 Å². The molecule has 80 valence electrons. The molecule has 2 N–H and O–H groups in total. The van der Waals surface area contributed by atoms with Gasteiger partial charge in [-0.25, -0.2) is 0 Å². The van der Waals surface area contributed by atoms with Crippen LogP contribution in [0, 0.1) is 0 Å². The molecule has 0 spiro atoms. The van der Waals surface area contributed by atoms with E-state index in [4.69, 9.17) is 5.73 Å². The highest BCUT2D eigenvalue weighted by atomic mass is 15.5. The number of hydrogen-bond donors (Lipinski definition) is 1. The van der Waals surface area contributed by atoms with Gasteiger partial charge in [0.25, 0.3) is 0 Å². The molecule has 0 aromatic heterocycles. The first-order valence-corrected chi connectivity index (χ1v) is 5.42. The second kappa shape index (κ2) is 3.52. The monoisotopic (exact) mass is 211 g/mol. The predicted molar refractivity (Wildman–Crippen MR) is 67.5 cm³/mol. The van der Waals surface area contributed by atoms with Crippen molar-refractivity contribution in [3.05, 3.63) is 42.5 Å². The van der Waals surface area contributed by atoms with Gasteiger partial charge < -0.3 is 5.73 Å². The third-order valence-corrected chi connectivity index (χ3v) is 2.86. The SMILES string of the molecule is NC1=NN(c2ccc3ccccc3c2)CC1. The first-order chi connectivity index (χ1) is 7.83. The molecule has 1 aliphatic heterocycles. The van der Waals surface area contributed by atoms with Crippen molar-refractivity contribution in [1.82, 2.24) is 0 Å². The van der Waals surface area contributed by atoms with E-state index in [-0.39, 0.29) is 0 Å². The molecule has 0 amide bonds. The summed E-state index contributed by atoms with van der Waals surface area (Å²) in [5.74, 6) is 0.716. The smallest absolute Gasteiger partial charge is 0.122 e. The van der Waals surface area contributed by atoms with Crippen molar-refractivity contribution in [2.75, 3.05) is 11.6 Å². The van der Waals surface area contributed by atoms with Gasteiger partial charge in [-0.15, -0.1) is 0 Å². The topological polar surface area (TPSA) is 41.6 Å². The molecule has 3 nitrogen and oxygen atoms in total. The van der Waals surface area contributed by atoms with Crippen molar-refractivity contribution in [2.45, 2.75) is 6.42 Å². The molecular formula is C13H13N3. The summed E-state index contributed by atoms with van der Waals surface area (Å²) < 4.78 is 0. The summed E-state index contributed by atoms with van der Waals surface area (Å²) >= 11 is 0. The summed E-state index contributed by atoms with van der Waals surface area (Å²) in [5.41, 5.74) is 6.79. The fourth-order valence-electron chi connectivity index (χ4n) is 2.00. The molecule has 2 aromatic rings. The maximum absolute atomic E-state index is 5.68. The van der Waals surface area contributed by atoms with Crippen LogP contribution in [0.1, 0.15) is 6.42 Å². The van der Waals surface area contributed by atoms with Gasteiger partial charge in [-0.1, -0.05) is 30.3 Å². The van der Waals surface area contributed by atoms with Crippen molar-refractivity contribution in [3.8, 4) is 0 Å². The summed E-state index contributed by atoms with van der Waals surface area (Å²) in [4.78, 5) is 0. The Morgan fingerprint density at radius 2 is 1.88 bits per heavy atom. The van der Waals surface area contributed by atoms with Crippen LogP contribution < -0.4 is 10.7 Å². The second-order valence-corrected chi connectivity index (χ2v) is 4.00. The van der Waals surface area contributed by atoms with Crippen LogP contribution in [0.15, 0.2) is 47.6 Å². The van der Waals surface area contributed by atoms with Crippen LogP contribution in [0.2, 0.25) is 0 Å². The highest BCUT2D eigenvalue weighted by molar-refractivity contribution is 5.88. The van der Waals surface area contributed by atoms with E-state index in [0.717, 1.165) is 18.7 Å². The Morgan fingerprint density at radius 1 is 1.06 bits per heavy atom. The van der Waals surface area contributed by atoms with Gasteiger partial charge in [0.2, 0.25) is 0 Å². The first-order valence-electron chi connectivity index (χ1n) is 5.42. The number of nitrogens with zero attached hydrogens (tertiary/aromatic N) is 2. The van der Waals surface area contributed by atoms with Crippen molar-refractivity contribution in [3.63, 3.8) is 0 Å². The molecule has 3 rings (SSSR count). The zero-order valence-corrected chi connectivity index (χ0v) is 8.93. The lowest BCUT2D eigenvalue weighted by Crippen LogP contribution is -2.11. The van der Waals surface area contributed by atoms with E-state index in [1.807, 2.05) is 17.1 Å². The van der Waals surface area contributed by atoms with E-state index in [0.29, 0.717) is 5.84 Å². The third-order valence-electron chi connectivity index (χ3n) is 2.86. The van der Waals surface area contributed by atoms with Gasteiger partial charge in [-0.05, 0) is 22.9 Å². The summed E-state index contributed by atoms with van der Waals surface area (Å²) in [5, 5.41) is 8.74. The molecule has 0 aliphatic carbocycles. The lowest BCUT2D eigenvalue weighted by atomic mass is 10.1. The summed E-state index contributed by atoms with van der Waals surface area (Å²) in [6.07, 6.45) is 0.854. The molecule has 0 atom stereocenters. The Kier molecular flexibility index (Phi) is 2.03. The Labute approximate surface area is 94.2 Å². The number of benzene rings is 2. The van der Waals surface area contributed by atoms with Crippen LogP contribution in [0.4, 0.5) is 5.69 Å². The van der Waals surface area contributed by atoms with Crippen LogP contribution in [-0.2, 0) is 0 Å². The maximum Gasteiger partial charge on any atom is 0.122 e. The summed E-state index contributed by atoms with van der Waals surface area (Å²) in [6, 6.07) is 14.7. The maximum atomic E-state index is 5.68. The Hall–Kier alpha value is -2.03. The minimum atomic E-state index is 0.716. The molecule has 0 radical (unpaired) electrons. The molecule has 0 saturated heterocycles. The number of fused-ring (bicyclic) bond motifs is 1. The summed E-state index contributed by atoms with van der Waals surface area (Å²) in [6.45, 7) is 0.879. The van der Waals surface area contributed by atoms with Gasteiger partial charge in [0, 0.05) is 13.0 Å². The zero-order chi connectivity index (χ0) is 11.0. The molecule has 0 saturated carbocycles. The normalized spacial score (nSPS) is 15.5. The van der Waals surface area contributed by atoms with Crippen LogP contribution in [0.3, 0.4) is 0 Å². The van der Waals surface area contributed by atoms with E-state index in [1.54, 1.807) is 0 Å². The molecule has 0 fully saturated rings. The zero-order valence-electron chi connectivity index (χ0n) is 8.93. The average molecular weight is 211 g/mol. The third kappa shape index (κ3) is 1.50. The minimum absolute atomic E-state index is 0.716. The van der Waals surface area contributed by atoms with E-state index in [9.17, 15) is 0 Å². The lowest BCUT2D eigenvalue weighted by Gasteiger charge is -2.13. The summed E-state index contributed by atoms with van der Waals surface area (Å²) in [7, 11) is 0. The number of nitrogens with two attached hydrogens (primary N) is 1. The van der Waals surface area contributed by atoms with Crippen molar-refractivity contribution in [2.24, 2.45) is 10.8 Å². The number of amidine groups is 1. The van der Waals surface area contributed by atoms with Crippen LogP contribution >= 0.6 is 0 Å². The van der Waals surface area contributed by atoms with Gasteiger partial charge >= 0.3 is 0 Å². The highest BCUT2D eigenvalue weighted by Crippen LogP contribution is 2.23. The molecule has 3 heteroatoms. The second-order valence-electron chi connectivity index (χ2n) is 4.00. The molecule has 2 aromatic carbocycles. The fourth-order valence-corrected chi connectivity index (χ4v) is 2.00. The Morgan fingerprint density at radius 3 is 2.62 bits per heavy atom. The van der Waals surface area contributed by atoms with Crippen molar-refractivity contribution >= 4 is 22.3 Å². The fraction of sp³-hybridized carbons (Fsp3) is 0.154. The minimum Gasteiger partial charge on any atom is -0.386 e. The molecule has 0 unspecified atom stereocenters. The standard InChI is InChI=1S/C13H13N3/c14-13-7-8-16(15-13)12-6-5-10-3-1-2-4-11(10)9-12/h1-6,9H,7-8H2,(H2,14,15). The van der Waals surface area contributed by atoms with Gasteiger partial charge in [0.1, 0.15) is 5.84 Å². The van der Waals surface area contributed by atoms with E-state index < -0.39 is 0 Å². The molecule has 16 heavy (non-hydrogen) atoms. The number of rotatable bonds is 1. The van der Waals surface area contributed by atoms with E-state index >= 15 is 0 Å². The molecular weight excluding hydrogens is 198 g/mol. The molecule has 0 bridgehead atoms. The van der Waals surface area contributed by atoms with Crippen LogP contribution in [-0.4, -0.2) is 12.4 Å². The number of anilines is 1. The number of hydrazone groups is 1. The van der Waals surface area contributed by atoms with E-state index in [1.165, 1.54) is 10.8 Å². The number of hydrogen-bond acceptors (Lipinski definition) is 3. The molecule has 1 heterocycles. The quantitative estimate of drug-likeness (QED) is 0.786. The lowest BCUT2D eigenvalue weighted by molar-refractivity contribution is 0.923. The van der Waals surface area contributed by atoms with Gasteiger partial charge in [-0.3, -0.25) is 5.01 Å².